The van der Waals surface area contributed by atoms with Gasteiger partial charge in [0.2, 0.25) is 0 Å². The molecular formula is C22H22ClN3O4S. The van der Waals surface area contributed by atoms with Crippen molar-refractivity contribution in [3.8, 4) is 17.0 Å². The molecule has 0 bridgehead atoms. The Bertz CT molecular complexity index is 1050. The van der Waals surface area contributed by atoms with Gasteiger partial charge in [-0.05, 0) is 45.0 Å². The summed E-state index contributed by atoms with van der Waals surface area (Å²) in [5.74, 6) is 0.146. The van der Waals surface area contributed by atoms with E-state index in [-0.39, 0.29) is 12.5 Å². The third kappa shape index (κ3) is 5.96. The van der Waals surface area contributed by atoms with Crippen LogP contribution in [-0.2, 0) is 9.53 Å². The SMILES string of the molecule is CCOC(=O)Nc1nc(-c2ccccc2)c(NC(=O)C(C)(C)Oc2ccc(Cl)cc2)s1. The molecular weight excluding hydrogens is 438 g/mol. The summed E-state index contributed by atoms with van der Waals surface area (Å²) in [6, 6.07) is 16.1. The quantitative estimate of drug-likeness (QED) is 0.464. The topological polar surface area (TPSA) is 89.5 Å². The number of hydrogen-bond donors (Lipinski definition) is 2. The van der Waals surface area contributed by atoms with Crippen LogP contribution in [0.5, 0.6) is 5.75 Å². The third-order valence-corrected chi connectivity index (χ3v) is 5.26. The maximum Gasteiger partial charge on any atom is 0.413 e. The van der Waals surface area contributed by atoms with Crippen molar-refractivity contribution in [3.63, 3.8) is 0 Å². The molecule has 1 aromatic heterocycles. The maximum atomic E-state index is 13.0. The van der Waals surface area contributed by atoms with Crippen molar-refractivity contribution in [1.29, 1.82) is 0 Å². The zero-order chi connectivity index (χ0) is 22.4. The Labute approximate surface area is 189 Å². The van der Waals surface area contributed by atoms with Crippen molar-refractivity contribution in [2.24, 2.45) is 0 Å². The van der Waals surface area contributed by atoms with Gasteiger partial charge < -0.3 is 14.8 Å². The number of anilines is 2. The van der Waals surface area contributed by atoms with E-state index in [0.29, 0.717) is 26.6 Å². The molecule has 0 aliphatic heterocycles. The second-order valence-corrected chi connectivity index (χ2v) is 8.36. The number of nitrogens with one attached hydrogen (secondary N) is 2. The van der Waals surface area contributed by atoms with Crippen molar-refractivity contribution in [2.45, 2.75) is 26.4 Å². The highest BCUT2D eigenvalue weighted by molar-refractivity contribution is 7.20. The Kier molecular flexibility index (Phi) is 7.14. The average molecular weight is 460 g/mol. The van der Waals surface area contributed by atoms with E-state index in [2.05, 4.69) is 15.6 Å². The Morgan fingerprint density at radius 2 is 1.74 bits per heavy atom. The highest BCUT2D eigenvalue weighted by Gasteiger charge is 2.31. The normalized spacial score (nSPS) is 11.0. The lowest BCUT2D eigenvalue weighted by atomic mass is 10.1. The van der Waals surface area contributed by atoms with Gasteiger partial charge in [0.1, 0.15) is 16.4 Å². The molecule has 2 aromatic carbocycles. The van der Waals surface area contributed by atoms with Gasteiger partial charge in [-0.25, -0.2) is 9.78 Å². The van der Waals surface area contributed by atoms with Gasteiger partial charge >= 0.3 is 6.09 Å². The number of benzene rings is 2. The van der Waals surface area contributed by atoms with Gasteiger partial charge in [-0.2, -0.15) is 0 Å². The van der Waals surface area contributed by atoms with E-state index in [4.69, 9.17) is 21.1 Å². The second-order valence-electron chi connectivity index (χ2n) is 6.93. The molecule has 2 N–H and O–H groups in total. The van der Waals surface area contributed by atoms with Gasteiger partial charge in [0.25, 0.3) is 5.91 Å². The summed E-state index contributed by atoms with van der Waals surface area (Å²) in [5, 5.41) is 6.83. The molecule has 31 heavy (non-hydrogen) atoms. The summed E-state index contributed by atoms with van der Waals surface area (Å²) in [6.07, 6.45) is -0.611. The first-order chi connectivity index (χ1) is 14.8. The zero-order valence-electron chi connectivity index (χ0n) is 17.3. The number of amides is 2. The number of hydrogen-bond acceptors (Lipinski definition) is 6. The van der Waals surface area contributed by atoms with Crippen molar-refractivity contribution < 1.29 is 19.1 Å². The number of rotatable bonds is 7. The van der Waals surface area contributed by atoms with Crippen molar-refractivity contribution in [2.75, 3.05) is 17.2 Å². The molecule has 1 heterocycles. The van der Waals surface area contributed by atoms with Crippen LogP contribution in [-0.4, -0.2) is 29.2 Å². The number of carbonyl (C=O) groups excluding carboxylic acids is 2. The zero-order valence-corrected chi connectivity index (χ0v) is 18.8. The van der Waals surface area contributed by atoms with E-state index in [0.717, 1.165) is 16.9 Å². The fourth-order valence-corrected chi connectivity index (χ4v) is 3.60. The Morgan fingerprint density at radius 3 is 2.39 bits per heavy atom. The summed E-state index contributed by atoms with van der Waals surface area (Å²) in [7, 11) is 0. The number of thiazole rings is 1. The molecule has 7 nitrogen and oxygen atoms in total. The molecule has 0 atom stereocenters. The smallest absolute Gasteiger partial charge is 0.413 e. The standard InChI is InChI=1S/C22H22ClN3O4S/c1-4-29-21(28)26-20-24-17(14-8-6-5-7-9-14)18(31-20)25-19(27)22(2,3)30-16-12-10-15(23)11-13-16/h5-13H,4H2,1-3H3,(H,25,27)(H,24,26,28). The number of halogens is 1. The summed E-state index contributed by atoms with van der Waals surface area (Å²) in [5.41, 5.74) is 0.149. The van der Waals surface area contributed by atoms with Crippen LogP contribution in [0.1, 0.15) is 20.8 Å². The van der Waals surface area contributed by atoms with Crippen LogP contribution in [0.2, 0.25) is 5.02 Å². The van der Waals surface area contributed by atoms with Gasteiger partial charge in [-0.3, -0.25) is 10.1 Å². The first-order valence-electron chi connectivity index (χ1n) is 9.54. The molecule has 3 aromatic rings. The monoisotopic (exact) mass is 459 g/mol. The summed E-state index contributed by atoms with van der Waals surface area (Å²) in [4.78, 5) is 29.3. The molecule has 3 rings (SSSR count). The van der Waals surface area contributed by atoms with Gasteiger partial charge in [0.15, 0.2) is 10.7 Å². The minimum Gasteiger partial charge on any atom is -0.478 e. The Morgan fingerprint density at radius 1 is 1.06 bits per heavy atom. The largest absolute Gasteiger partial charge is 0.478 e. The van der Waals surface area contributed by atoms with Crippen LogP contribution in [0.25, 0.3) is 11.3 Å². The van der Waals surface area contributed by atoms with E-state index >= 15 is 0 Å². The molecule has 0 spiro atoms. The number of ether oxygens (including phenoxy) is 2. The molecule has 0 fully saturated rings. The fourth-order valence-electron chi connectivity index (χ4n) is 2.60. The highest BCUT2D eigenvalue weighted by atomic mass is 35.5. The van der Waals surface area contributed by atoms with Crippen LogP contribution >= 0.6 is 22.9 Å². The number of aromatic nitrogens is 1. The summed E-state index contributed by atoms with van der Waals surface area (Å²) >= 11 is 7.04. The molecule has 0 aliphatic rings. The summed E-state index contributed by atoms with van der Waals surface area (Å²) < 4.78 is 10.8. The predicted molar refractivity (Wildman–Crippen MR) is 123 cm³/mol. The van der Waals surface area contributed by atoms with Gasteiger partial charge in [0.05, 0.1) is 6.61 Å². The van der Waals surface area contributed by atoms with Crippen molar-refractivity contribution in [3.05, 3.63) is 59.6 Å². The van der Waals surface area contributed by atoms with Crippen LogP contribution in [0.15, 0.2) is 54.6 Å². The molecule has 0 aliphatic carbocycles. The first kappa shape index (κ1) is 22.6. The second kappa shape index (κ2) is 9.80. The Balaban J connectivity index is 1.84. The summed E-state index contributed by atoms with van der Waals surface area (Å²) in [6.45, 7) is 5.28. The molecule has 0 radical (unpaired) electrons. The lowest BCUT2D eigenvalue weighted by Crippen LogP contribution is -2.42. The molecule has 0 saturated carbocycles. The predicted octanol–water partition coefficient (Wildman–Crippen LogP) is 5.83. The minimum absolute atomic E-state index is 0.239. The molecule has 0 saturated heterocycles. The lowest BCUT2D eigenvalue weighted by molar-refractivity contribution is -0.128. The van der Waals surface area contributed by atoms with Gasteiger partial charge in [-0.15, -0.1) is 0 Å². The highest BCUT2D eigenvalue weighted by Crippen LogP contribution is 2.36. The van der Waals surface area contributed by atoms with Gasteiger partial charge in [0, 0.05) is 10.6 Å². The number of carbonyl (C=O) groups is 2. The maximum absolute atomic E-state index is 13.0. The van der Waals surface area contributed by atoms with Gasteiger partial charge in [-0.1, -0.05) is 53.3 Å². The van der Waals surface area contributed by atoms with Crippen LogP contribution in [0.3, 0.4) is 0 Å². The van der Waals surface area contributed by atoms with E-state index in [1.807, 2.05) is 30.3 Å². The molecule has 0 unspecified atom stereocenters. The molecule has 2 amide bonds. The van der Waals surface area contributed by atoms with E-state index in [1.54, 1.807) is 45.0 Å². The lowest BCUT2D eigenvalue weighted by Gasteiger charge is -2.25. The van der Waals surface area contributed by atoms with E-state index < -0.39 is 11.7 Å². The van der Waals surface area contributed by atoms with E-state index in [9.17, 15) is 9.59 Å². The van der Waals surface area contributed by atoms with Crippen molar-refractivity contribution in [1.82, 2.24) is 4.98 Å². The molecule has 9 heteroatoms. The van der Waals surface area contributed by atoms with Crippen LogP contribution in [0.4, 0.5) is 14.9 Å². The minimum atomic E-state index is -1.18. The molecule has 162 valence electrons. The van der Waals surface area contributed by atoms with E-state index in [1.165, 1.54) is 0 Å². The van der Waals surface area contributed by atoms with Crippen LogP contribution < -0.4 is 15.4 Å². The fraction of sp³-hybridized carbons (Fsp3) is 0.227. The third-order valence-electron chi connectivity index (χ3n) is 4.12. The number of nitrogens with zero attached hydrogens (tertiary/aromatic N) is 1. The average Bonchev–Trinajstić information content (AvgIpc) is 3.12. The van der Waals surface area contributed by atoms with Crippen LogP contribution in [0, 0.1) is 0 Å². The Hall–Kier alpha value is -3.10. The van der Waals surface area contributed by atoms with Crippen molar-refractivity contribution >= 4 is 45.1 Å². The first-order valence-corrected chi connectivity index (χ1v) is 10.7.